The van der Waals surface area contributed by atoms with Crippen LogP contribution < -0.4 is 9.64 Å². The Labute approximate surface area is 272 Å². The molecule has 0 atom stereocenters. The molecule has 3 aromatic rings. The van der Waals surface area contributed by atoms with Crippen molar-refractivity contribution in [2.75, 3.05) is 57.3 Å². The third kappa shape index (κ3) is 8.66. The quantitative estimate of drug-likeness (QED) is 0.285. The molecule has 6 rings (SSSR count). The second-order valence-corrected chi connectivity index (χ2v) is 13.1. The third-order valence-electron chi connectivity index (χ3n) is 9.20. The van der Waals surface area contributed by atoms with Crippen molar-refractivity contribution in [2.45, 2.75) is 51.6 Å². The average Bonchev–Trinajstić information content (AvgIpc) is 3.92. The van der Waals surface area contributed by atoms with E-state index in [1.807, 2.05) is 58.3 Å². The van der Waals surface area contributed by atoms with Gasteiger partial charge in [0.15, 0.2) is 0 Å². The van der Waals surface area contributed by atoms with Crippen molar-refractivity contribution in [1.29, 1.82) is 0 Å². The highest BCUT2D eigenvalue weighted by atomic mass is 35.5. The predicted octanol–water partition coefficient (Wildman–Crippen LogP) is 6.50. The molecule has 0 unspecified atom stereocenters. The standard InChI is InChI=1S/C37H45ClN4O3/c38-33-15-12-32-28-41(36(43)30-13-16-34(17-14-30)45-25-24-39-18-5-2-6-19-39)23-22-40(27-29-8-3-1-4-9-29)20-7-21-42(35(32)26-33)37(44)31-10-11-31/h1,3-4,8-9,12-17,26,31H,2,5-7,10-11,18-25,27-28H2. The third-order valence-corrected chi connectivity index (χ3v) is 9.43. The number of benzene rings is 3. The van der Waals surface area contributed by atoms with Crippen molar-refractivity contribution < 1.29 is 14.3 Å². The molecule has 3 aliphatic rings. The zero-order valence-corrected chi connectivity index (χ0v) is 27.0. The monoisotopic (exact) mass is 628 g/mol. The fourth-order valence-corrected chi connectivity index (χ4v) is 6.62. The summed E-state index contributed by atoms with van der Waals surface area (Å²) < 4.78 is 6.03. The molecular formula is C37H45ClN4O3. The van der Waals surface area contributed by atoms with Gasteiger partial charge < -0.3 is 14.5 Å². The van der Waals surface area contributed by atoms with E-state index in [4.69, 9.17) is 16.3 Å². The van der Waals surface area contributed by atoms with Crippen molar-refractivity contribution in [1.82, 2.24) is 14.7 Å². The van der Waals surface area contributed by atoms with Gasteiger partial charge in [-0.05, 0) is 92.7 Å². The van der Waals surface area contributed by atoms with Crippen LogP contribution in [0.15, 0.2) is 72.8 Å². The Balaban J connectivity index is 1.21. The van der Waals surface area contributed by atoms with Gasteiger partial charge in [-0.1, -0.05) is 54.4 Å². The fraction of sp³-hybridized carbons (Fsp3) is 0.459. The topological polar surface area (TPSA) is 56.3 Å². The minimum absolute atomic E-state index is 0.0326. The minimum Gasteiger partial charge on any atom is -0.492 e. The molecule has 0 spiro atoms. The number of carbonyl (C=O) groups is 2. The summed E-state index contributed by atoms with van der Waals surface area (Å²) in [6, 6.07) is 23.7. The number of amides is 2. The van der Waals surface area contributed by atoms with Gasteiger partial charge in [-0.25, -0.2) is 0 Å². The summed E-state index contributed by atoms with van der Waals surface area (Å²) in [5, 5.41) is 0.594. The zero-order chi connectivity index (χ0) is 31.0. The molecule has 0 aromatic heterocycles. The lowest BCUT2D eigenvalue weighted by Crippen LogP contribution is -2.38. The van der Waals surface area contributed by atoms with Crippen LogP contribution in [0.4, 0.5) is 5.69 Å². The first-order valence-electron chi connectivity index (χ1n) is 16.6. The molecule has 2 heterocycles. The summed E-state index contributed by atoms with van der Waals surface area (Å²) in [7, 11) is 0. The van der Waals surface area contributed by atoms with Crippen LogP contribution in [0.1, 0.15) is 60.0 Å². The van der Waals surface area contributed by atoms with E-state index in [2.05, 4.69) is 34.1 Å². The molecule has 1 saturated carbocycles. The van der Waals surface area contributed by atoms with Crippen molar-refractivity contribution in [3.63, 3.8) is 0 Å². The molecule has 2 aliphatic heterocycles. The summed E-state index contributed by atoms with van der Waals surface area (Å²) in [5.74, 6) is 1.00. The van der Waals surface area contributed by atoms with Crippen molar-refractivity contribution in [3.05, 3.63) is 94.5 Å². The molecule has 8 heteroatoms. The first kappa shape index (κ1) is 31.6. The number of nitrogens with zero attached hydrogens (tertiary/aromatic N) is 4. The second-order valence-electron chi connectivity index (χ2n) is 12.7. The lowest BCUT2D eigenvalue weighted by molar-refractivity contribution is -0.119. The largest absolute Gasteiger partial charge is 0.492 e. The normalized spacial score (nSPS) is 18.6. The molecular weight excluding hydrogens is 584 g/mol. The number of halogens is 1. The van der Waals surface area contributed by atoms with Crippen LogP contribution >= 0.6 is 11.6 Å². The maximum atomic E-state index is 14.1. The molecule has 2 fully saturated rings. The summed E-state index contributed by atoms with van der Waals surface area (Å²) >= 11 is 6.50. The molecule has 238 valence electrons. The van der Waals surface area contributed by atoms with Crippen molar-refractivity contribution in [3.8, 4) is 5.75 Å². The first-order valence-corrected chi connectivity index (χ1v) is 17.0. The molecule has 3 aromatic carbocycles. The molecule has 1 aliphatic carbocycles. The van der Waals surface area contributed by atoms with Gasteiger partial charge in [0.2, 0.25) is 5.91 Å². The Morgan fingerprint density at radius 1 is 0.778 bits per heavy atom. The number of fused-ring (bicyclic) bond motifs is 1. The van der Waals surface area contributed by atoms with E-state index in [1.165, 1.54) is 24.8 Å². The van der Waals surface area contributed by atoms with Crippen LogP contribution in [-0.4, -0.2) is 78.9 Å². The lowest BCUT2D eigenvalue weighted by atomic mass is 10.1. The summed E-state index contributed by atoms with van der Waals surface area (Å²) in [6.45, 7) is 7.81. The zero-order valence-electron chi connectivity index (χ0n) is 26.2. The Kier molecular flexibility index (Phi) is 10.7. The average molecular weight is 629 g/mol. The van der Waals surface area contributed by atoms with Gasteiger partial charge in [-0.15, -0.1) is 0 Å². The highest BCUT2D eigenvalue weighted by molar-refractivity contribution is 6.31. The van der Waals surface area contributed by atoms with Crippen LogP contribution in [0.5, 0.6) is 5.75 Å². The van der Waals surface area contributed by atoms with Crippen LogP contribution in [0.2, 0.25) is 5.02 Å². The molecule has 7 nitrogen and oxygen atoms in total. The highest BCUT2D eigenvalue weighted by Crippen LogP contribution is 2.35. The minimum atomic E-state index is -0.0326. The second kappa shape index (κ2) is 15.3. The molecule has 0 radical (unpaired) electrons. The van der Waals surface area contributed by atoms with Gasteiger partial charge in [-0.2, -0.15) is 0 Å². The van der Waals surface area contributed by atoms with E-state index < -0.39 is 0 Å². The summed E-state index contributed by atoms with van der Waals surface area (Å²) in [5.41, 5.74) is 3.63. The van der Waals surface area contributed by atoms with E-state index in [-0.39, 0.29) is 17.7 Å². The van der Waals surface area contributed by atoms with E-state index in [1.54, 1.807) is 0 Å². The number of ether oxygens (including phenoxy) is 1. The fourth-order valence-electron chi connectivity index (χ4n) is 6.46. The lowest BCUT2D eigenvalue weighted by Gasteiger charge is -2.28. The van der Waals surface area contributed by atoms with Crippen molar-refractivity contribution in [2.24, 2.45) is 5.92 Å². The van der Waals surface area contributed by atoms with E-state index in [0.29, 0.717) is 36.8 Å². The number of carbonyl (C=O) groups excluding carboxylic acids is 2. The van der Waals surface area contributed by atoms with E-state index in [0.717, 1.165) is 75.5 Å². The number of hydrogen-bond acceptors (Lipinski definition) is 5. The van der Waals surface area contributed by atoms with Gasteiger partial charge in [0, 0.05) is 62.3 Å². The number of anilines is 1. The van der Waals surface area contributed by atoms with Gasteiger partial charge in [0.25, 0.3) is 5.91 Å². The van der Waals surface area contributed by atoms with Crippen LogP contribution in [-0.2, 0) is 17.9 Å². The van der Waals surface area contributed by atoms with Gasteiger partial charge in [-0.3, -0.25) is 19.4 Å². The number of likely N-dealkylation sites (tertiary alicyclic amines) is 1. The maximum Gasteiger partial charge on any atom is 0.254 e. The van der Waals surface area contributed by atoms with Gasteiger partial charge in [0.1, 0.15) is 12.4 Å². The van der Waals surface area contributed by atoms with E-state index in [9.17, 15) is 9.59 Å². The van der Waals surface area contributed by atoms with Crippen LogP contribution in [0.25, 0.3) is 0 Å². The van der Waals surface area contributed by atoms with Crippen LogP contribution in [0, 0.1) is 5.92 Å². The number of hydrogen-bond donors (Lipinski definition) is 0. The first-order chi connectivity index (χ1) is 22.0. The molecule has 2 amide bonds. The van der Waals surface area contributed by atoms with Gasteiger partial charge in [0.05, 0.1) is 5.69 Å². The Bertz CT molecular complexity index is 1420. The smallest absolute Gasteiger partial charge is 0.254 e. The number of piperidine rings is 1. The number of rotatable bonds is 8. The Morgan fingerprint density at radius 3 is 2.29 bits per heavy atom. The maximum absolute atomic E-state index is 14.1. The molecule has 0 N–H and O–H groups in total. The Morgan fingerprint density at radius 2 is 1.53 bits per heavy atom. The summed E-state index contributed by atoms with van der Waals surface area (Å²) in [4.78, 5) is 36.4. The molecule has 0 bridgehead atoms. The highest BCUT2D eigenvalue weighted by Gasteiger charge is 2.35. The van der Waals surface area contributed by atoms with Crippen LogP contribution in [0.3, 0.4) is 0 Å². The molecule has 1 saturated heterocycles. The SMILES string of the molecule is O=C(c1ccc(OCCN2CCCCC2)cc1)N1CCN(Cc2ccccc2)CCCN(C(=O)C2CC2)c2cc(Cl)ccc2C1. The Hall–Kier alpha value is -3.39. The van der Waals surface area contributed by atoms with E-state index >= 15 is 0 Å². The summed E-state index contributed by atoms with van der Waals surface area (Å²) in [6.07, 6.45) is 6.57. The predicted molar refractivity (Wildman–Crippen MR) is 180 cm³/mol. The molecule has 45 heavy (non-hydrogen) atoms. The van der Waals surface area contributed by atoms with Crippen molar-refractivity contribution >= 4 is 29.1 Å². The van der Waals surface area contributed by atoms with Gasteiger partial charge >= 0.3 is 0 Å².